The van der Waals surface area contributed by atoms with E-state index in [4.69, 9.17) is 0 Å². The number of carboxylic acid groups (broad SMARTS) is 1. The van der Waals surface area contributed by atoms with Gasteiger partial charge in [-0.25, -0.2) is 4.79 Å². The summed E-state index contributed by atoms with van der Waals surface area (Å²) in [5, 5.41) is 13.2. The predicted molar refractivity (Wildman–Crippen MR) is 122 cm³/mol. The number of aliphatic carboxylic acids is 1. The summed E-state index contributed by atoms with van der Waals surface area (Å²) in [5.41, 5.74) is 0.483. The first-order valence-corrected chi connectivity index (χ1v) is 11.8. The van der Waals surface area contributed by atoms with Crippen molar-refractivity contribution in [2.75, 3.05) is 27.7 Å². The molecular formula is C22H32N4O5S. The van der Waals surface area contributed by atoms with Crippen molar-refractivity contribution in [1.29, 1.82) is 0 Å². The molecule has 0 radical (unpaired) electrons. The van der Waals surface area contributed by atoms with Crippen LogP contribution in [0.4, 0.5) is 0 Å². The predicted octanol–water partition coefficient (Wildman–Crippen LogP) is 0.997. The molecule has 0 bridgehead atoms. The Bertz CT molecular complexity index is 899. The van der Waals surface area contributed by atoms with Crippen LogP contribution in [-0.2, 0) is 19.2 Å². The van der Waals surface area contributed by atoms with Crippen molar-refractivity contribution in [3.63, 3.8) is 0 Å². The van der Waals surface area contributed by atoms with E-state index in [9.17, 15) is 24.3 Å². The van der Waals surface area contributed by atoms with E-state index in [-0.39, 0.29) is 58.9 Å². The molecule has 0 saturated carbocycles. The molecule has 2 amide bonds. The van der Waals surface area contributed by atoms with Gasteiger partial charge in [0.05, 0.1) is 23.7 Å². The zero-order valence-electron chi connectivity index (χ0n) is 19.4. The summed E-state index contributed by atoms with van der Waals surface area (Å²) in [4.78, 5) is 57.2. The summed E-state index contributed by atoms with van der Waals surface area (Å²) in [6.07, 6.45) is 0.815. The third-order valence-corrected chi connectivity index (χ3v) is 8.29. The Labute approximate surface area is 192 Å². The number of β-lactam (4-membered cyclic amide) rings is 1. The molecule has 9 nitrogen and oxygen atoms in total. The Balaban J connectivity index is 1.75. The Morgan fingerprint density at radius 3 is 2.56 bits per heavy atom. The van der Waals surface area contributed by atoms with Crippen molar-refractivity contribution in [3.8, 4) is 0 Å². The van der Waals surface area contributed by atoms with Gasteiger partial charge in [-0.1, -0.05) is 13.8 Å². The average Bonchev–Trinajstić information content (AvgIpc) is 3.28. The van der Waals surface area contributed by atoms with Crippen LogP contribution in [0.2, 0.25) is 0 Å². The second kappa shape index (κ2) is 9.35. The summed E-state index contributed by atoms with van der Waals surface area (Å²) in [7, 11) is 4.99. The maximum atomic E-state index is 13.0. The summed E-state index contributed by atoms with van der Waals surface area (Å²) < 4.78 is 0. The van der Waals surface area contributed by atoms with Gasteiger partial charge in [0.2, 0.25) is 11.8 Å². The van der Waals surface area contributed by atoms with E-state index in [0.29, 0.717) is 23.6 Å². The van der Waals surface area contributed by atoms with E-state index in [1.54, 1.807) is 33.0 Å². The first kappa shape index (κ1) is 24.4. The van der Waals surface area contributed by atoms with Crippen LogP contribution in [0, 0.1) is 17.8 Å². The minimum absolute atomic E-state index is 0.00322. The van der Waals surface area contributed by atoms with Gasteiger partial charge in [-0.3, -0.25) is 19.4 Å². The molecular weight excluding hydrogens is 432 g/mol. The summed E-state index contributed by atoms with van der Waals surface area (Å²) in [6, 6.07) is -0.541. The molecule has 0 unspecified atom stereocenters. The number of nitrogens with zero attached hydrogens (tertiary/aromatic N) is 3. The number of hydrogen-bond acceptors (Lipinski definition) is 7. The highest BCUT2D eigenvalue weighted by atomic mass is 32.2. The molecule has 10 heteroatoms. The molecule has 0 aromatic carbocycles. The normalized spacial score (nSPS) is 30.8. The fraction of sp³-hybridized carbons (Fsp3) is 0.682. The molecule has 0 aliphatic carbocycles. The van der Waals surface area contributed by atoms with Crippen LogP contribution < -0.4 is 5.32 Å². The summed E-state index contributed by atoms with van der Waals surface area (Å²) in [5.74, 6) is -2.17. The van der Waals surface area contributed by atoms with Gasteiger partial charge in [0, 0.05) is 50.2 Å². The molecule has 3 aliphatic rings. The van der Waals surface area contributed by atoms with E-state index >= 15 is 0 Å². The highest BCUT2D eigenvalue weighted by molar-refractivity contribution is 8.03. The van der Waals surface area contributed by atoms with Gasteiger partial charge >= 0.3 is 5.97 Å². The van der Waals surface area contributed by atoms with Crippen molar-refractivity contribution in [3.05, 3.63) is 10.6 Å². The Kier molecular flexibility index (Phi) is 7.14. The maximum Gasteiger partial charge on any atom is 0.353 e. The molecule has 2 saturated heterocycles. The van der Waals surface area contributed by atoms with Crippen LogP contribution in [0.15, 0.2) is 15.6 Å². The molecule has 2 fully saturated rings. The van der Waals surface area contributed by atoms with E-state index in [1.165, 1.54) is 16.7 Å². The van der Waals surface area contributed by atoms with Crippen LogP contribution in [0.5, 0.6) is 0 Å². The van der Waals surface area contributed by atoms with Crippen LogP contribution in [0.3, 0.4) is 0 Å². The molecule has 3 heterocycles. The number of carbonyl (C=O) groups excluding carboxylic acids is 3. The quantitative estimate of drug-likeness (QED) is 0.406. The van der Waals surface area contributed by atoms with Crippen molar-refractivity contribution < 1.29 is 24.3 Å². The first-order valence-electron chi connectivity index (χ1n) is 10.9. The standard InChI is InChI=1S/C22H32N4O5S/c1-10(7-15(27)12(3)23-4)16-17-11(2)19(18(22(30)31)26(17)21(16)29)32-13-8-14(24-9-13)20(28)25(5)6/h10-11,13-14,16-17,24H,7-9H2,1-6H3,(H,30,31)/t10-,11+,13-,14-,16+,17+/m0/s1. The van der Waals surface area contributed by atoms with Gasteiger partial charge in [0.25, 0.3) is 0 Å². The number of rotatable bonds is 8. The number of likely N-dealkylation sites (N-methyl/N-ethyl adjacent to an activating group) is 1. The topological polar surface area (TPSA) is 119 Å². The molecule has 2 N–H and O–H groups in total. The minimum atomic E-state index is -1.11. The fourth-order valence-corrected chi connectivity index (χ4v) is 6.41. The lowest BCUT2D eigenvalue weighted by Crippen LogP contribution is -2.62. The third kappa shape index (κ3) is 4.22. The Morgan fingerprint density at radius 2 is 2.00 bits per heavy atom. The summed E-state index contributed by atoms with van der Waals surface area (Å²) in [6.45, 7) is 6.08. The Morgan fingerprint density at radius 1 is 1.34 bits per heavy atom. The third-order valence-electron chi connectivity index (χ3n) is 6.77. The van der Waals surface area contributed by atoms with E-state index in [2.05, 4.69) is 10.3 Å². The molecule has 3 rings (SSSR count). The number of carboxylic acids is 1. The van der Waals surface area contributed by atoms with E-state index in [0.717, 1.165) is 0 Å². The van der Waals surface area contributed by atoms with Gasteiger partial charge in [0.15, 0.2) is 5.78 Å². The number of nitrogens with one attached hydrogen (secondary N) is 1. The number of fused-ring (bicyclic) bond motifs is 1. The van der Waals surface area contributed by atoms with Crippen LogP contribution in [0.25, 0.3) is 0 Å². The minimum Gasteiger partial charge on any atom is -0.477 e. The van der Waals surface area contributed by atoms with Crippen LogP contribution in [-0.4, -0.2) is 89.2 Å². The second-order valence-corrected chi connectivity index (χ2v) is 10.5. The highest BCUT2D eigenvalue weighted by Gasteiger charge is 2.60. The average molecular weight is 465 g/mol. The molecule has 3 aliphatic heterocycles. The lowest BCUT2D eigenvalue weighted by atomic mass is 9.73. The second-order valence-electron chi connectivity index (χ2n) is 9.11. The molecule has 32 heavy (non-hydrogen) atoms. The zero-order chi connectivity index (χ0) is 23.9. The van der Waals surface area contributed by atoms with Gasteiger partial charge in [0.1, 0.15) is 5.70 Å². The highest BCUT2D eigenvalue weighted by Crippen LogP contribution is 2.53. The number of aliphatic imine (C=N–C) groups is 1. The fourth-order valence-electron chi connectivity index (χ4n) is 4.93. The molecule has 6 atom stereocenters. The van der Waals surface area contributed by atoms with Gasteiger partial charge < -0.3 is 20.2 Å². The number of carbonyl (C=O) groups is 4. The van der Waals surface area contributed by atoms with Crippen molar-refractivity contribution in [2.24, 2.45) is 22.7 Å². The Hall–Kier alpha value is -2.20. The van der Waals surface area contributed by atoms with Gasteiger partial charge in [-0.2, -0.15) is 0 Å². The smallest absolute Gasteiger partial charge is 0.353 e. The summed E-state index contributed by atoms with van der Waals surface area (Å²) >= 11 is 1.46. The number of hydrogen-bond donors (Lipinski definition) is 2. The van der Waals surface area contributed by atoms with Crippen molar-refractivity contribution in [2.45, 2.75) is 50.9 Å². The lowest BCUT2D eigenvalue weighted by molar-refractivity contribution is -0.160. The maximum absolute atomic E-state index is 13.0. The van der Waals surface area contributed by atoms with Gasteiger partial charge in [-0.05, 0) is 19.3 Å². The first-order chi connectivity index (χ1) is 15.0. The van der Waals surface area contributed by atoms with Crippen LogP contribution >= 0.6 is 11.8 Å². The van der Waals surface area contributed by atoms with E-state index in [1.807, 2.05) is 13.8 Å². The number of thioether (sulfide) groups is 1. The molecule has 0 aromatic rings. The van der Waals surface area contributed by atoms with Crippen LogP contribution in [0.1, 0.15) is 33.6 Å². The number of ketones is 1. The van der Waals surface area contributed by atoms with Crippen molar-refractivity contribution in [1.82, 2.24) is 15.1 Å². The largest absolute Gasteiger partial charge is 0.477 e. The molecule has 176 valence electrons. The van der Waals surface area contributed by atoms with Gasteiger partial charge in [-0.15, -0.1) is 11.8 Å². The van der Waals surface area contributed by atoms with E-state index < -0.39 is 11.9 Å². The van der Waals surface area contributed by atoms with Crippen molar-refractivity contribution >= 4 is 41.0 Å². The molecule has 0 aromatic heterocycles. The zero-order valence-corrected chi connectivity index (χ0v) is 20.2. The lowest BCUT2D eigenvalue weighted by Gasteiger charge is -2.47. The SMILES string of the molecule is CN=C(C)C(=O)C[C@H](C)[C@H]1C(=O)N2C(C(=O)O)=C(S[C@@H]3CN[C@H](C(=O)N(C)C)C3)[C@H](C)[C@H]12. The number of Topliss-reactive ketones (excluding diaryl/α,β-unsaturated/α-hetero) is 1. The number of amides is 2. The molecule has 0 spiro atoms. The monoisotopic (exact) mass is 464 g/mol.